The van der Waals surface area contributed by atoms with E-state index in [2.05, 4.69) is 5.32 Å². The van der Waals surface area contributed by atoms with E-state index in [0.717, 1.165) is 18.6 Å². The van der Waals surface area contributed by atoms with Crippen LogP contribution in [0.2, 0.25) is 0 Å². The van der Waals surface area contributed by atoms with Crippen molar-refractivity contribution in [3.63, 3.8) is 0 Å². The summed E-state index contributed by atoms with van der Waals surface area (Å²) in [5, 5.41) is 12.2. The number of amides is 1. The molecule has 0 radical (unpaired) electrons. The van der Waals surface area contributed by atoms with Crippen LogP contribution in [0, 0.1) is 0 Å². The molecule has 130 valence electrons. The zero-order chi connectivity index (χ0) is 17.6. The van der Waals surface area contributed by atoms with E-state index in [4.69, 9.17) is 4.74 Å². The summed E-state index contributed by atoms with van der Waals surface area (Å²) < 4.78 is 5.40. The number of carbonyl (C=O) groups is 2. The third-order valence-electron chi connectivity index (χ3n) is 4.52. The SMILES string of the molecule is O=C(NCC(C(=O)O)c1ccccc1)c1cccc(C2CCOC2)c1. The molecule has 0 bridgehead atoms. The third-order valence-corrected chi connectivity index (χ3v) is 4.52. The Labute approximate surface area is 146 Å². The zero-order valence-electron chi connectivity index (χ0n) is 13.9. The Morgan fingerprint density at radius 1 is 1.16 bits per heavy atom. The monoisotopic (exact) mass is 339 g/mol. The van der Waals surface area contributed by atoms with Crippen molar-refractivity contribution in [3.8, 4) is 0 Å². The van der Waals surface area contributed by atoms with Crippen LogP contribution >= 0.6 is 0 Å². The minimum Gasteiger partial charge on any atom is -0.481 e. The molecule has 0 aliphatic carbocycles. The van der Waals surface area contributed by atoms with Gasteiger partial charge in [0.2, 0.25) is 0 Å². The highest BCUT2D eigenvalue weighted by atomic mass is 16.5. The molecule has 1 saturated heterocycles. The average Bonchev–Trinajstić information content (AvgIpc) is 3.17. The Bertz CT molecular complexity index is 738. The summed E-state index contributed by atoms with van der Waals surface area (Å²) in [6.07, 6.45) is 0.958. The van der Waals surface area contributed by atoms with Crippen molar-refractivity contribution >= 4 is 11.9 Å². The van der Waals surface area contributed by atoms with E-state index >= 15 is 0 Å². The van der Waals surface area contributed by atoms with Crippen LogP contribution in [0.15, 0.2) is 54.6 Å². The molecular formula is C20H21NO4. The van der Waals surface area contributed by atoms with Crippen molar-refractivity contribution in [2.24, 2.45) is 0 Å². The Kier molecular flexibility index (Phi) is 5.46. The maximum Gasteiger partial charge on any atom is 0.312 e. The van der Waals surface area contributed by atoms with Gasteiger partial charge in [-0.15, -0.1) is 0 Å². The maximum absolute atomic E-state index is 12.4. The lowest BCUT2D eigenvalue weighted by atomic mass is 9.96. The molecule has 1 fully saturated rings. The predicted molar refractivity (Wildman–Crippen MR) is 93.8 cm³/mol. The van der Waals surface area contributed by atoms with E-state index < -0.39 is 11.9 Å². The van der Waals surface area contributed by atoms with Gasteiger partial charge < -0.3 is 15.2 Å². The Morgan fingerprint density at radius 2 is 1.96 bits per heavy atom. The van der Waals surface area contributed by atoms with Crippen molar-refractivity contribution in [1.29, 1.82) is 0 Å². The summed E-state index contributed by atoms with van der Waals surface area (Å²) >= 11 is 0. The van der Waals surface area contributed by atoms with Crippen LogP contribution in [-0.4, -0.2) is 36.7 Å². The minimum atomic E-state index is -0.955. The molecule has 2 unspecified atom stereocenters. The number of carboxylic acid groups (broad SMARTS) is 1. The molecule has 1 aliphatic rings. The van der Waals surface area contributed by atoms with Crippen LogP contribution in [0.5, 0.6) is 0 Å². The van der Waals surface area contributed by atoms with Gasteiger partial charge in [-0.05, 0) is 29.7 Å². The second-order valence-corrected chi connectivity index (χ2v) is 6.20. The van der Waals surface area contributed by atoms with Gasteiger partial charge in [-0.3, -0.25) is 9.59 Å². The summed E-state index contributed by atoms with van der Waals surface area (Å²) in [7, 11) is 0. The fourth-order valence-corrected chi connectivity index (χ4v) is 3.06. The highest BCUT2D eigenvalue weighted by molar-refractivity contribution is 5.94. The fraction of sp³-hybridized carbons (Fsp3) is 0.300. The summed E-state index contributed by atoms with van der Waals surface area (Å²) in [6.45, 7) is 1.48. The normalized spacial score (nSPS) is 17.8. The molecule has 2 N–H and O–H groups in total. The molecule has 25 heavy (non-hydrogen) atoms. The molecule has 3 rings (SSSR count). The smallest absolute Gasteiger partial charge is 0.312 e. The Hall–Kier alpha value is -2.66. The lowest BCUT2D eigenvalue weighted by Crippen LogP contribution is -2.31. The standard InChI is InChI=1S/C20H21NO4/c22-19(16-8-4-7-15(11-16)17-9-10-25-13-17)21-12-18(20(23)24)14-5-2-1-3-6-14/h1-8,11,17-18H,9-10,12-13H2,(H,21,22)(H,23,24). The minimum absolute atomic E-state index is 0.0505. The molecule has 2 aromatic carbocycles. The molecule has 2 aromatic rings. The number of carbonyl (C=O) groups excluding carboxylic acids is 1. The highest BCUT2D eigenvalue weighted by Gasteiger charge is 2.22. The van der Waals surface area contributed by atoms with Crippen LogP contribution in [0.25, 0.3) is 0 Å². The van der Waals surface area contributed by atoms with Crippen molar-refractivity contribution in [2.75, 3.05) is 19.8 Å². The molecule has 1 aliphatic heterocycles. The second kappa shape index (κ2) is 7.94. The molecule has 0 saturated carbocycles. The molecule has 1 amide bonds. The maximum atomic E-state index is 12.4. The summed E-state index contributed by atoms with van der Waals surface area (Å²) in [6, 6.07) is 16.4. The van der Waals surface area contributed by atoms with Gasteiger partial charge in [-0.2, -0.15) is 0 Å². The predicted octanol–water partition coefficient (Wildman–Crippen LogP) is 2.79. The van der Waals surface area contributed by atoms with E-state index in [1.165, 1.54) is 0 Å². The van der Waals surface area contributed by atoms with Crippen LogP contribution in [0.4, 0.5) is 0 Å². The number of aliphatic carboxylic acids is 1. The molecule has 2 atom stereocenters. The lowest BCUT2D eigenvalue weighted by molar-refractivity contribution is -0.138. The molecule has 1 heterocycles. The molecule has 0 spiro atoms. The lowest BCUT2D eigenvalue weighted by Gasteiger charge is -2.14. The number of nitrogens with one attached hydrogen (secondary N) is 1. The van der Waals surface area contributed by atoms with Gasteiger partial charge in [0.25, 0.3) is 5.91 Å². The van der Waals surface area contributed by atoms with Crippen LogP contribution < -0.4 is 5.32 Å². The van der Waals surface area contributed by atoms with E-state index in [9.17, 15) is 14.7 Å². The molecule has 0 aromatic heterocycles. The number of hydrogen-bond donors (Lipinski definition) is 2. The van der Waals surface area contributed by atoms with E-state index in [0.29, 0.717) is 23.7 Å². The number of carboxylic acids is 1. The topological polar surface area (TPSA) is 75.6 Å². The first kappa shape index (κ1) is 17.2. The van der Waals surface area contributed by atoms with Gasteiger partial charge >= 0.3 is 5.97 Å². The van der Waals surface area contributed by atoms with Crippen molar-refractivity contribution < 1.29 is 19.4 Å². The summed E-state index contributed by atoms with van der Waals surface area (Å²) in [4.78, 5) is 23.9. The van der Waals surface area contributed by atoms with Crippen molar-refractivity contribution in [3.05, 3.63) is 71.3 Å². The van der Waals surface area contributed by atoms with E-state index in [-0.39, 0.29) is 12.5 Å². The number of rotatable bonds is 6. The number of hydrogen-bond acceptors (Lipinski definition) is 3. The van der Waals surface area contributed by atoms with Gasteiger partial charge in [0.1, 0.15) is 0 Å². The Morgan fingerprint density at radius 3 is 2.64 bits per heavy atom. The average molecular weight is 339 g/mol. The zero-order valence-corrected chi connectivity index (χ0v) is 13.9. The van der Waals surface area contributed by atoms with Gasteiger partial charge in [-0.25, -0.2) is 0 Å². The fourth-order valence-electron chi connectivity index (χ4n) is 3.06. The molecular weight excluding hydrogens is 318 g/mol. The van der Waals surface area contributed by atoms with Crippen molar-refractivity contribution in [1.82, 2.24) is 5.32 Å². The van der Waals surface area contributed by atoms with Gasteiger partial charge in [0.05, 0.1) is 12.5 Å². The largest absolute Gasteiger partial charge is 0.481 e. The first-order valence-corrected chi connectivity index (χ1v) is 8.39. The number of benzene rings is 2. The Balaban J connectivity index is 1.67. The van der Waals surface area contributed by atoms with Gasteiger partial charge in [-0.1, -0.05) is 42.5 Å². The third kappa shape index (κ3) is 4.25. The number of ether oxygens (including phenoxy) is 1. The first-order valence-electron chi connectivity index (χ1n) is 8.39. The summed E-state index contributed by atoms with van der Waals surface area (Å²) in [5.74, 6) is -1.66. The summed E-state index contributed by atoms with van der Waals surface area (Å²) in [5.41, 5.74) is 2.30. The van der Waals surface area contributed by atoms with Gasteiger partial charge in [0.15, 0.2) is 0 Å². The molecule has 5 heteroatoms. The highest BCUT2D eigenvalue weighted by Crippen LogP contribution is 2.25. The first-order chi connectivity index (χ1) is 12.1. The van der Waals surface area contributed by atoms with E-state index in [1.807, 2.05) is 24.3 Å². The van der Waals surface area contributed by atoms with Gasteiger partial charge in [0, 0.05) is 24.6 Å². The van der Waals surface area contributed by atoms with E-state index in [1.54, 1.807) is 30.3 Å². The van der Waals surface area contributed by atoms with Crippen LogP contribution in [0.1, 0.15) is 39.7 Å². The molecule has 5 nitrogen and oxygen atoms in total. The second-order valence-electron chi connectivity index (χ2n) is 6.20. The van der Waals surface area contributed by atoms with Crippen LogP contribution in [0.3, 0.4) is 0 Å². The van der Waals surface area contributed by atoms with Crippen LogP contribution in [-0.2, 0) is 9.53 Å². The quantitative estimate of drug-likeness (QED) is 0.848. The van der Waals surface area contributed by atoms with Crippen molar-refractivity contribution in [2.45, 2.75) is 18.3 Å².